The fourth-order valence-corrected chi connectivity index (χ4v) is 2.50. The van der Waals surface area contributed by atoms with Gasteiger partial charge in [0.05, 0.1) is 22.3 Å². The first-order valence-corrected chi connectivity index (χ1v) is 7.54. The molecule has 1 saturated carbocycles. The van der Waals surface area contributed by atoms with Crippen LogP contribution in [0.5, 0.6) is 5.75 Å². The minimum absolute atomic E-state index is 0.147. The Morgan fingerprint density at radius 3 is 2.42 bits per heavy atom. The van der Waals surface area contributed by atoms with Crippen LogP contribution in [0.2, 0.25) is 5.02 Å². The molecule has 24 heavy (non-hydrogen) atoms. The molecule has 1 N–H and O–H groups in total. The molecule has 3 nitrogen and oxygen atoms in total. The number of alkyl halides is 3. The third-order valence-corrected chi connectivity index (χ3v) is 3.93. The summed E-state index contributed by atoms with van der Waals surface area (Å²) in [6.07, 6.45) is -2.54. The third kappa shape index (κ3) is 3.48. The van der Waals surface area contributed by atoms with Crippen molar-refractivity contribution in [2.24, 2.45) is 0 Å². The molecule has 0 aromatic heterocycles. The molecule has 3 rings (SSSR count). The summed E-state index contributed by atoms with van der Waals surface area (Å²) in [6.45, 7) is 0. The highest BCUT2D eigenvalue weighted by molar-refractivity contribution is 6.32. The van der Waals surface area contributed by atoms with Gasteiger partial charge in [0.25, 0.3) is 0 Å². The Bertz CT molecular complexity index is 798. The van der Waals surface area contributed by atoms with Gasteiger partial charge >= 0.3 is 12.1 Å². The average Bonchev–Trinajstić information content (AvgIpc) is 3.32. The fourth-order valence-electron chi connectivity index (χ4n) is 2.28. The van der Waals surface area contributed by atoms with Crippen molar-refractivity contribution < 1.29 is 27.8 Å². The molecule has 0 spiro atoms. The molecule has 7 heteroatoms. The van der Waals surface area contributed by atoms with Crippen LogP contribution >= 0.6 is 11.6 Å². The van der Waals surface area contributed by atoms with E-state index in [-0.39, 0.29) is 16.7 Å². The normalized spacial score (nSPS) is 14.5. The van der Waals surface area contributed by atoms with Crippen LogP contribution in [0.15, 0.2) is 36.4 Å². The predicted octanol–water partition coefficient (Wildman–Crippen LogP) is 5.27. The van der Waals surface area contributed by atoms with Gasteiger partial charge in [-0.05, 0) is 48.2 Å². The van der Waals surface area contributed by atoms with E-state index in [0.717, 1.165) is 25.0 Å². The predicted molar refractivity (Wildman–Crippen MR) is 82.5 cm³/mol. The highest BCUT2D eigenvalue weighted by atomic mass is 35.5. The first kappa shape index (κ1) is 16.6. The number of hydrogen-bond donors (Lipinski definition) is 1. The molecule has 0 bridgehead atoms. The number of benzene rings is 2. The summed E-state index contributed by atoms with van der Waals surface area (Å²) in [4.78, 5) is 11.4. The van der Waals surface area contributed by atoms with Crippen LogP contribution in [-0.4, -0.2) is 17.2 Å². The van der Waals surface area contributed by atoms with Crippen LogP contribution in [0, 0.1) is 0 Å². The molecular weight excluding hydrogens is 345 g/mol. The first-order valence-electron chi connectivity index (χ1n) is 7.17. The van der Waals surface area contributed by atoms with Gasteiger partial charge in [-0.25, -0.2) is 4.79 Å². The number of ether oxygens (including phenoxy) is 1. The van der Waals surface area contributed by atoms with Gasteiger partial charge in [-0.15, -0.1) is 0 Å². The zero-order valence-corrected chi connectivity index (χ0v) is 13.0. The molecule has 1 aliphatic carbocycles. The second kappa shape index (κ2) is 6.02. The molecule has 1 aliphatic rings. The minimum atomic E-state index is -4.61. The molecule has 0 amide bonds. The maximum absolute atomic E-state index is 12.8. The smallest absolute Gasteiger partial charge is 0.416 e. The maximum Gasteiger partial charge on any atom is 0.416 e. The van der Waals surface area contributed by atoms with Crippen molar-refractivity contribution in [3.63, 3.8) is 0 Å². The van der Waals surface area contributed by atoms with Gasteiger partial charge in [0.15, 0.2) is 0 Å². The molecule has 126 valence electrons. The van der Waals surface area contributed by atoms with Gasteiger partial charge in [-0.2, -0.15) is 13.2 Å². The van der Waals surface area contributed by atoms with E-state index in [4.69, 9.17) is 16.3 Å². The highest BCUT2D eigenvalue weighted by Crippen LogP contribution is 2.37. The minimum Gasteiger partial charge on any atom is -0.489 e. The van der Waals surface area contributed by atoms with Crippen LogP contribution in [0.25, 0.3) is 11.1 Å². The van der Waals surface area contributed by atoms with Crippen LogP contribution in [0.1, 0.15) is 28.8 Å². The molecule has 0 atom stereocenters. The molecule has 1 fully saturated rings. The zero-order chi connectivity index (χ0) is 17.5. The summed E-state index contributed by atoms with van der Waals surface area (Å²) < 4.78 is 43.9. The van der Waals surface area contributed by atoms with Crippen molar-refractivity contribution in [1.29, 1.82) is 0 Å². The van der Waals surface area contributed by atoms with Crippen molar-refractivity contribution in [3.05, 3.63) is 52.5 Å². The lowest BCUT2D eigenvalue weighted by Crippen LogP contribution is -2.08. The Hall–Kier alpha value is -2.21. The Labute approximate surface area is 140 Å². The standard InChI is InChI=1S/C17H12ClF3O3/c18-14-7-9(1-6-15(14)24-11-3-4-11)12-5-2-10(17(19,20)21)8-13(12)16(22)23/h1-2,5-8,11H,3-4H2,(H,22,23). The molecule has 2 aromatic rings. The van der Waals surface area contributed by atoms with E-state index >= 15 is 0 Å². The molecule has 0 unspecified atom stereocenters. The zero-order valence-electron chi connectivity index (χ0n) is 12.2. The van der Waals surface area contributed by atoms with Crippen molar-refractivity contribution in [2.75, 3.05) is 0 Å². The number of halogens is 4. The molecule has 0 saturated heterocycles. The number of carbonyl (C=O) groups is 1. The number of aromatic carboxylic acids is 1. The van der Waals surface area contributed by atoms with Gasteiger partial charge in [0.2, 0.25) is 0 Å². The monoisotopic (exact) mass is 356 g/mol. The summed E-state index contributed by atoms with van der Waals surface area (Å²) in [7, 11) is 0. The van der Waals surface area contributed by atoms with Crippen molar-refractivity contribution in [3.8, 4) is 16.9 Å². The Morgan fingerprint density at radius 2 is 1.88 bits per heavy atom. The maximum atomic E-state index is 12.8. The number of carboxylic acid groups (broad SMARTS) is 1. The van der Waals surface area contributed by atoms with E-state index in [1.807, 2.05) is 0 Å². The molecular formula is C17H12ClF3O3. The van der Waals surface area contributed by atoms with E-state index in [1.54, 1.807) is 12.1 Å². The SMILES string of the molecule is O=C(O)c1cc(C(F)(F)F)ccc1-c1ccc(OC2CC2)c(Cl)c1. The lowest BCUT2D eigenvalue weighted by Gasteiger charge is -2.13. The number of hydrogen-bond acceptors (Lipinski definition) is 2. The average molecular weight is 357 g/mol. The van der Waals surface area contributed by atoms with Crippen LogP contribution in [0.4, 0.5) is 13.2 Å². The Balaban J connectivity index is 2.01. The highest BCUT2D eigenvalue weighted by Gasteiger charge is 2.32. The molecule has 0 aliphatic heterocycles. The topological polar surface area (TPSA) is 46.5 Å². The van der Waals surface area contributed by atoms with E-state index in [9.17, 15) is 23.1 Å². The van der Waals surface area contributed by atoms with Crippen LogP contribution < -0.4 is 4.74 Å². The van der Waals surface area contributed by atoms with Crippen molar-refractivity contribution in [1.82, 2.24) is 0 Å². The number of rotatable bonds is 4. The summed E-state index contributed by atoms with van der Waals surface area (Å²) in [5.41, 5.74) is -0.871. The Morgan fingerprint density at radius 1 is 1.17 bits per heavy atom. The second-order valence-electron chi connectivity index (χ2n) is 5.53. The van der Waals surface area contributed by atoms with Gasteiger partial charge < -0.3 is 9.84 Å². The lowest BCUT2D eigenvalue weighted by atomic mass is 9.97. The third-order valence-electron chi connectivity index (χ3n) is 3.64. The van der Waals surface area contributed by atoms with E-state index < -0.39 is 23.3 Å². The van der Waals surface area contributed by atoms with E-state index in [1.165, 1.54) is 6.07 Å². The molecule has 0 radical (unpaired) electrons. The van der Waals surface area contributed by atoms with Gasteiger partial charge in [0.1, 0.15) is 5.75 Å². The van der Waals surface area contributed by atoms with Crippen molar-refractivity contribution >= 4 is 17.6 Å². The van der Waals surface area contributed by atoms with Crippen LogP contribution in [0.3, 0.4) is 0 Å². The van der Waals surface area contributed by atoms with E-state index in [0.29, 0.717) is 17.4 Å². The Kier molecular flexibility index (Phi) is 4.17. The fraction of sp³-hybridized carbons (Fsp3) is 0.235. The first-order chi connectivity index (χ1) is 11.3. The van der Waals surface area contributed by atoms with Gasteiger partial charge in [-0.1, -0.05) is 23.7 Å². The summed E-state index contributed by atoms with van der Waals surface area (Å²) >= 11 is 6.13. The van der Waals surface area contributed by atoms with E-state index in [2.05, 4.69) is 0 Å². The summed E-state index contributed by atoms with van der Waals surface area (Å²) in [5, 5.41) is 9.53. The number of carboxylic acids is 1. The lowest BCUT2D eigenvalue weighted by molar-refractivity contribution is -0.137. The van der Waals surface area contributed by atoms with Gasteiger partial charge in [-0.3, -0.25) is 0 Å². The summed E-state index contributed by atoms with van der Waals surface area (Å²) in [6, 6.07) is 7.29. The molecule has 0 heterocycles. The largest absolute Gasteiger partial charge is 0.489 e. The van der Waals surface area contributed by atoms with Gasteiger partial charge in [0, 0.05) is 0 Å². The van der Waals surface area contributed by atoms with Crippen LogP contribution in [-0.2, 0) is 6.18 Å². The summed E-state index contributed by atoms with van der Waals surface area (Å²) in [5.74, 6) is -0.961. The van der Waals surface area contributed by atoms with Crippen molar-refractivity contribution in [2.45, 2.75) is 25.1 Å². The quantitative estimate of drug-likeness (QED) is 0.812. The molecule has 2 aromatic carbocycles. The second-order valence-corrected chi connectivity index (χ2v) is 5.93.